The first kappa shape index (κ1) is 20.0. The van der Waals surface area contributed by atoms with Gasteiger partial charge in [-0.3, -0.25) is 19.6 Å². The van der Waals surface area contributed by atoms with E-state index in [4.69, 9.17) is 4.42 Å². The monoisotopic (exact) mass is 398 g/mol. The molecule has 2 aromatic heterocycles. The van der Waals surface area contributed by atoms with Gasteiger partial charge in [0.25, 0.3) is 0 Å². The zero-order valence-electron chi connectivity index (χ0n) is 17.1. The number of aromatic nitrogens is 3. The average molecular weight is 399 g/mol. The third-order valence-electron chi connectivity index (χ3n) is 6.01. The first-order valence-electron chi connectivity index (χ1n) is 10.6. The average Bonchev–Trinajstić information content (AvgIpc) is 3.18. The van der Waals surface area contributed by atoms with Crippen LogP contribution in [0.4, 0.5) is 0 Å². The summed E-state index contributed by atoms with van der Waals surface area (Å²) in [4.78, 5) is 21.7. The predicted molar refractivity (Wildman–Crippen MR) is 108 cm³/mol. The van der Waals surface area contributed by atoms with E-state index in [0.29, 0.717) is 24.4 Å². The van der Waals surface area contributed by atoms with Crippen molar-refractivity contribution in [3.05, 3.63) is 41.9 Å². The van der Waals surface area contributed by atoms with E-state index in [9.17, 15) is 4.79 Å². The van der Waals surface area contributed by atoms with E-state index in [1.165, 1.54) is 0 Å². The van der Waals surface area contributed by atoms with E-state index in [0.717, 1.165) is 64.0 Å². The lowest BCUT2D eigenvalue weighted by Gasteiger charge is -2.41. The van der Waals surface area contributed by atoms with E-state index >= 15 is 0 Å². The van der Waals surface area contributed by atoms with Crippen LogP contribution in [0.3, 0.4) is 0 Å². The molecule has 0 spiro atoms. The molecule has 0 aliphatic carbocycles. The van der Waals surface area contributed by atoms with Gasteiger partial charge in [-0.2, -0.15) is 0 Å². The van der Waals surface area contributed by atoms with Gasteiger partial charge < -0.3 is 9.73 Å². The molecule has 1 amide bonds. The Bertz CT molecular complexity index is 787. The highest BCUT2D eigenvalue weighted by atomic mass is 16.4. The molecular weight excluding hydrogens is 368 g/mol. The number of hydrogen-bond donors (Lipinski definition) is 1. The number of carbonyl (C=O) groups is 1. The lowest BCUT2D eigenvalue weighted by molar-refractivity contribution is -0.127. The largest absolute Gasteiger partial charge is 0.424 e. The molecule has 2 aliphatic heterocycles. The molecule has 1 atom stereocenters. The summed E-state index contributed by atoms with van der Waals surface area (Å²) in [6.07, 6.45) is 7.86. The Kier molecular flexibility index (Phi) is 6.51. The molecular formula is C21H30N6O2. The van der Waals surface area contributed by atoms with Crippen LogP contribution in [0.2, 0.25) is 0 Å². The zero-order chi connectivity index (χ0) is 20.1. The van der Waals surface area contributed by atoms with Crippen LogP contribution >= 0.6 is 0 Å². The Labute approximate surface area is 171 Å². The lowest BCUT2D eigenvalue weighted by Crippen LogP contribution is -2.50. The smallest absolute Gasteiger partial charge is 0.230 e. The van der Waals surface area contributed by atoms with Gasteiger partial charge in [-0.05, 0) is 43.9 Å². The van der Waals surface area contributed by atoms with Crippen molar-refractivity contribution in [3.8, 4) is 0 Å². The fourth-order valence-corrected chi connectivity index (χ4v) is 4.42. The van der Waals surface area contributed by atoms with Gasteiger partial charge in [-0.1, -0.05) is 6.07 Å². The molecule has 2 aromatic rings. The van der Waals surface area contributed by atoms with Gasteiger partial charge in [-0.15, -0.1) is 10.2 Å². The van der Waals surface area contributed by atoms with E-state index in [2.05, 4.69) is 30.3 Å². The van der Waals surface area contributed by atoms with Crippen LogP contribution in [-0.4, -0.2) is 63.1 Å². The predicted octanol–water partition coefficient (Wildman–Crippen LogP) is 1.77. The highest BCUT2D eigenvalue weighted by Gasteiger charge is 2.31. The minimum Gasteiger partial charge on any atom is -0.424 e. The van der Waals surface area contributed by atoms with Crippen molar-refractivity contribution in [3.63, 3.8) is 0 Å². The van der Waals surface area contributed by atoms with Gasteiger partial charge in [0.05, 0.1) is 12.5 Å². The molecule has 8 heteroatoms. The van der Waals surface area contributed by atoms with Crippen molar-refractivity contribution in [2.75, 3.05) is 26.2 Å². The molecule has 0 aromatic carbocycles. The van der Waals surface area contributed by atoms with Crippen LogP contribution in [0.5, 0.6) is 0 Å². The second kappa shape index (κ2) is 9.45. The maximum absolute atomic E-state index is 12.7. The highest BCUT2D eigenvalue weighted by Crippen LogP contribution is 2.24. The Hall–Kier alpha value is -2.32. The van der Waals surface area contributed by atoms with Gasteiger partial charge in [-0.25, -0.2) is 0 Å². The number of nitrogens with one attached hydrogen (secondary N) is 1. The van der Waals surface area contributed by atoms with Crippen LogP contribution in [0.25, 0.3) is 0 Å². The first-order chi connectivity index (χ1) is 14.2. The summed E-state index contributed by atoms with van der Waals surface area (Å²) < 4.78 is 5.50. The second-order valence-corrected chi connectivity index (χ2v) is 8.14. The molecule has 2 fully saturated rings. The second-order valence-electron chi connectivity index (χ2n) is 8.14. The zero-order valence-corrected chi connectivity index (χ0v) is 17.1. The van der Waals surface area contributed by atoms with Gasteiger partial charge in [0, 0.05) is 51.5 Å². The Balaban J connectivity index is 1.23. The van der Waals surface area contributed by atoms with Crippen molar-refractivity contribution >= 4 is 5.91 Å². The van der Waals surface area contributed by atoms with Crippen molar-refractivity contribution in [1.82, 2.24) is 30.3 Å². The number of aryl methyl sites for hydroxylation is 1. The fourth-order valence-electron chi connectivity index (χ4n) is 4.42. The molecule has 156 valence electrons. The SMILES string of the molecule is Cc1nnc(CN2CCC(N3CCCC(C(=O)NCc4cccnc4)C3)CC2)o1. The van der Waals surface area contributed by atoms with Gasteiger partial charge in [0.1, 0.15) is 0 Å². The lowest BCUT2D eigenvalue weighted by atomic mass is 9.93. The van der Waals surface area contributed by atoms with E-state index in [1.807, 2.05) is 19.1 Å². The standard InChI is InChI=1S/C21H30N6O2/c1-16-24-25-20(29-16)15-26-10-6-19(7-11-26)27-9-3-5-18(14-27)21(28)23-13-17-4-2-8-22-12-17/h2,4,8,12,18-19H,3,5-7,9-11,13-15H2,1H3,(H,23,28). The normalized spacial score (nSPS) is 21.9. The van der Waals surface area contributed by atoms with Crippen LogP contribution in [0.1, 0.15) is 43.0 Å². The summed E-state index contributed by atoms with van der Waals surface area (Å²) in [5.41, 5.74) is 1.04. The number of nitrogens with zero attached hydrogens (tertiary/aromatic N) is 5. The summed E-state index contributed by atoms with van der Waals surface area (Å²) in [6.45, 7) is 7.12. The van der Waals surface area contributed by atoms with Crippen molar-refractivity contribution in [2.24, 2.45) is 5.92 Å². The topological polar surface area (TPSA) is 87.4 Å². The van der Waals surface area contributed by atoms with Crippen LogP contribution in [0.15, 0.2) is 28.9 Å². The number of pyridine rings is 1. The fraction of sp³-hybridized carbons (Fsp3) is 0.619. The number of piperidine rings is 2. The highest BCUT2D eigenvalue weighted by molar-refractivity contribution is 5.78. The van der Waals surface area contributed by atoms with E-state index in [1.54, 1.807) is 12.4 Å². The molecule has 2 saturated heterocycles. The summed E-state index contributed by atoms with van der Waals surface area (Å²) in [5.74, 6) is 1.57. The van der Waals surface area contributed by atoms with Gasteiger partial charge in [0.2, 0.25) is 17.7 Å². The molecule has 8 nitrogen and oxygen atoms in total. The van der Waals surface area contributed by atoms with Crippen molar-refractivity contribution in [2.45, 2.75) is 51.7 Å². The van der Waals surface area contributed by atoms with Crippen LogP contribution < -0.4 is 5.32 Å². The number of amides is 1. The summed E-state index contributed by atoms with van der Waals surface area (Å²) >= 11 is 0. The van der Waals surface area contributed by atoms with Crippen LogP contribution in [-0.2, 0) is 17.9 Å². The Morgan fingerprint density at radius 2 is 2.10 bits per heavy atom. The van der Waals surface area contributed by atoms with Crippen LogP contribution in [0, 0.1) is 12.8 Å². The molecule has 0 saturated carbocycles. The Morgan fingerprint density at radius 3 is 2.83 bits per heavy atom. The maximum atomic E-state index is 12.7. The van der Waals surface area contributed by atoms with Gasteiger partial charge in [0.15, 0.2) is 0 Å². The Morgan fingerprint density at radius 1 is 1.24 bits per heavy atom. The maximum Gasteiger partial charge on any atom is 0.230 e. The number of likely N-dealkylation sites (tertiary alicyclic amines) is 2. The minimum atomic E-state index is 0.0832. The molecule has 2 aliphatic rings. The molecule has 4 heterocycles. The molecule has 0 radical (unpaired) electrons. The molecule has 1 unspecified atom stereocenters. The number of rotatable bonds is 6. The van der Waals surface area contributed by atoms with E-state index in [-0.39, 0.29) is 11.8 Å². The summed E-state index contributed by atoms with van der Waals surface area (Å²) in [5, 5.41) is 11.1. The minimum absolute atomic E-state index is 0.0832. The molecule has 0 bridgehead atoms. The molecule has 4 rings (SSSR count). The first-order valence-corrected chi connectivity index (χ1v) is 10.6. The summed E-state index contributed by atoms with van der Waals surface area (Å²) in [7, 11) is 0. The third-order valence-corrected chi connectivity index (χ3v) is 6.01. The van der Waals surface area contributed by atoms with Crippen molar-refractivity contribution < 1.29 is 9.21 Å². The third kappa shape index (κ3) is 5.39. The number of hydrogen-bond acceptors (Lipinski definition) is 7. The molecule has 1 N–H and O–H groups in total. The van der Waals surface area contributed by atoms with Crippen molar-refractivity contribution in [1.29, 1.82) is 0 Å². The quantitative estimate of drug-likeness (QED) is 0.793. The van der Waals surface area contributed by atoms with Gasteiger partial charge >= 0.3 is 0 Å². The summed E-state index contributed by atoms with van der Waals surface area (Å²) in [6, 6.07) is 4.45. The van der Waals surface area contributed by atoms with E-state index < -0.39 is 0 Å². The number of carbonyl (C=O) groups excluding carboxylic acids is 1. The molecule has 29 heavy (non-hydrogen) atoms.